The van der Waals surface area contributed by atoms with Crippen molar-refractivity contribution in [1.29, 1.82) is 0 Å². The quantitative estimate of drug-likeness (QED) is 0.165. The van der Waals surface area contributed by atoms with Crippen molar-refractivity contribution in [2.24, 2.45) is 11.8 Å². The van der Waals surface area contributed by atoms with Crippen LogP contribution in [0.25, 0.3) is 0 Å². The largest absolute Gasteiger partial charge is 0.444 e. The molecule has 3 aromatic carbocycles. The number of benzene rings is 3. The SMILES string of the molecule is CC(C)CCC(=O)C(C[C@H](O[Si](C)(C)C(C)(C)C)[C@H](Cc1ccccc1)NC(=O)OC(C)(C)C)C(c1ccccc1)c1ccccc1. The molecule has 0 saturated carbocycles. The van der Waals surface area contributed by atoms with Crippen molar-refractivity contribution >= 4 is 20.2 Å². The first-order chi connectivity index (χ1) is 22.0. The Labute approximate surface area is 286 Å². The third kappa shape index (κ3) is 12.1. The molecule has 0 heterocycles. The third-order valence-electron chi connectivity index (χ3n) is 9.29. The zero-order valence-corrected chi connectivity index (χ0v) is 31.5. The van der Waals surface area contributed by atoms with E-state index in [0.717, 1.165) is 23.1 Å². The maximum atomic E-state index is 14.6. The first-order valence-corrected chi connectivity index (χ1v) is 20.2. The van der Waals surface area contributed by atoms with Crippen molar-refractivity contribution < 1.29 is 18.8 Å². The number of ketones is 1. The van der Waals surface area contributed by atoms with Crippen molar-refractivity contribution in [3.8, 4) is 0 Å². The summed E-state index contributed by atoms with van der Waals surface area (Å²) in [5, 5.41) is 3.15. The van der Waals surface area contributed by atoms with Crippen LogP contribution >= 0.6 is 0 Å². The van der Waals surface area contributed by atoms with E-state index in [1.54, 1.807) is 0 Å². The second-order valence-corrected chi connectivity index (χ2v) is 20.7. The Hall–Kier alpha value is -3.22. The van der Waals surface area contributed by atoms with E-state index in [1.807, 2.05) is 75.4 Å². The fourth-order valence-corrected chi connectivity index (χ4v) is 7.12. The van der Waals surface area contributed by atoms with E-state index in [2.05, 4.69) is 89.4 Å². The summed E-state index contributed by atoms with van der Waals surface area (Å²) in [6, 6.07) is 30.5. The summed E-state index contributed by atoms with van der Waals surface area (Å²) < 4.78 is 13.1. The molecule has 1 amide bonds. The molecule has 0 aliphatic rings. The van der Waals surface area contributed by atoms with Gasteiger partial charge in [-0.1, -0.05) is 126 Å². The van der Waals surface area contributed by atoms with Crippen LogP contribution in [0.5, 0.6) is 0 Å². The molecule has 0 bridgehead atoms. The number of Topliss-reactive ketones (excluding diaryl/α,β-unsaturated/α-hetero) is 1. The highest BCUT2D eigenvalue weighted by Gasteiger charge is 2.43. The lowest BCUT2D eigenvalue weighted by Gasteiger charge is -2.43. The van der Waals surface area contributed by atoms with Crippen LogP contribution < -0.4 is 5.32 Å². The zero-order chi connectivity index (χ0) is 34.8. The fourth-order valence-electron chi connectivity index (χ4n) is 5.75. The van der Waals surface area contributed by atoms with E-state index in [-0.39, 0.29) is 22.7 Å². The first-order valence-electron chi connectivity index (χ1n) is 17.3. The van der Waals surface area contributed by atoms with Gasteiger partial charge in [0.2, 0.25) is 0 Å². The lowest BCUT2D eigenvalue weighted by molar-refractivity contribution is -0.124. The van der Waals surface area contributed by atoms with Gasteiger partial charge in [0, 0.05) is 18.3 Å². The number of carbonyl (C=O) groups is 2. The van der Waals surface area contributed by atoms with Gasteiger partial charge in [0.1, 0.15) is 11.4 Å². The van der Waals surface area contributed by atoms with E-state index in [9.17, 15) is 9.59 Å². The van der Waals surface area contributed by atoms with Gasteiger partial charge in [-0.3, -0.25) is 4.79 Å². The van der Waals surface area contributed by atoms with E-state index in [4.69, 9.17) is 9.16 Å². The number of rotatable bonds is 15. The number of nitrogens with one attached hydrogen (secondary N) is 1. The van der Waals surface area contributed by atoms with E-state index < -0.39 is 32.2 Å². The van der Waals surface area contributed by atoms with Crippen LogP contribution in [0.2, 0.25) is 18.1 Å². The molecule has 1 unspecified atom stereocenters. The summed E-state index contributed by atoms with van der Waals surface area (Å²) in [5.41, 5.74) is 2.64. The Kier molecular flexibility index (Phi) is 13.6. The number of alkyl carbamates (subject to hydrolysis) is 1. The minimum atomic E-state index is -2.38. The lowest BCUT2D eigenvalue weighted by Crippen LogP contribution is -2.54. The summed E-state index contributed by atoms with van der Waals surface area (Å²) in [4.78, 5) is 28.0. The topological polar surface area (TPSA) is 64.6 Å². The molecule has 6 heteroatoms. The molecule has 0 aliphatic heterocycles. The standard InChI is InChI=1S/C41H59NO4Si/c1-30(2)26-27-36(43)34(38(32-22-16-12-17-23-32)33-24-18-13-19-25-33)29-37(46-47(9,10)41(6,7)8)35(28-31-20-14-11-15-21-31)42-39(44)45-40(3,4)5/h11-25,30,34-35,37-38H,26-29H2,1-10H3,(H,42,44)/t34?,35-,37-/m0/s1. The molecule has 0 aliphatic carbocycles. The van der Waals surface area contributed by atoms with Gasteiger partial charge in [-0.15, -0.1) is 0 Å². The van der Waals surface area contributed by atoms with Gasteiger partial charge in [0.15, 0.2) is 8.32 Å². The average molecular weight is 658 g/mol. The Bertz CT molecular complexity index is 1340. The second kappa shape index (κ2) is 16.7. The molecular weight excluding hydrogens is 599 g/mol. The first kappa shape index (κ1) is 38.2. The monoisotopic (exact) mass is 657 g/mol. The van der Waals surface area contributed by atoms with Crippen LogP contribution in [-0.4, -0.2) is 37.9 Å². The molecule has 3 aromatic rings. The molecule has 1 N–H and O–H groups in total. The lowest BCUT2D eigenvalue weighted by atomic mass is 9.74. The van der Waals surface area contributed by atoms with Crippen LogP contribution in [0.15, 0.2) is 91.0 Å². The van der Waals surface area contributed by atoms with Crippen LogP contribution in [0.4, 0.5) is 4.79 Å². The summed E-state index contributed by atoms with van der Waals surface area (Å²) in [6.07, 6.45) is 1.41. The van der Waals surface area contributed by atoms with Crippen LogP contribution in [0.3, 0.4) is 0 Å². The Morgan fingerprint density at radius 3 is 1.70 bits per heavy atom. The van der Waals surface area contributed by atoms with Crippen molar-refractivity contribution in [1.82, 2.24) is 5.32 Å². The van der Waals surface area contributed by atoms with Crippen molar-refractivity contribution in [2.45, 2.75) is 123 Å². The molecule has 3 atom stereocenters. The van der Waals surface area contributed by atoms with Crippen molar-refractivity contribution in [2.75, 3.05) is 0 Å². The fraction of sp³-hybridized carbons (Fsp3) is 0.512. The van der Waals surface area contributed by atoms with Crippen LogP contribution in [0.1, 0.15) is 97.3 Å². The van der Waals surface area contributed by atoms with Gasteiger partial charge >= 0.3 is 6.09 Å². The molecule has 0 spiro atoms. The summed E-state index contributed by atoms with van der Waals surface area (Å²) in [5.74, 6) is 0.106. The molecule has 0 fully saturated rings. The minimum Gasteiger partial charge on any atom is -0.444 e. The second-order valence-electron chi connectivity index (χ2n) is 15.9. The predicted molar refractivity (Wildman–Crippen MR) is 197 cm³/mol. The van der Waals surface area contributed by atoms with Gasteiger partial charge in [0.25, 0.3) is 0 Å². The van der Waals surface area contributed by atoms with E-state index in [0.29, 0.717) is 25.2 Å². The highest BCUT2D eigenvalue weighted by Crippen LogP contribution is 2.42. The van der Waals surface area contributed by atoms with Crippen molar-refractivity contribution in [3.63, 3.8) is 0 Å². The number of ether oxygens (including phenoxy) is 1. The number of hydrogen-bond donors (Lipinski definition) is 1. The normalized spacial score (nSPS) is 14.5. The molecule has 47 heavy (non-hydrogen) atoms. The Morgan fingerprint density at radius 2 is 1.26 bits per heavy atom. The van der Waals surface area contributed by atoms with Gasteiger partial charge in [-0.05, 0) is 80.8 Å². The zero-order valence-electron chi connectivity index (χ0n) is 30.5. The van der Waals surface area contributed by atoms with Gasteiger partial charge < -0.3 is 14.5 Å². The molecule has 5 nitrogen and oxygen atoms in total. The summed E-state index contributed by atoms with van der Waals surface area (Å²) in [7, 11) is -2.38. The van der Waals surface area contributed by atoms with E-state index in [1.165, 1.54) is 0 Å². The van der Waals surface area contributed by atoms with Crippen LogP contribution in [0, 0.1) is 11.8 Å². The summed E-state index contributed by atoms with van der Waals surface area (Å²) in [6.45, 7) is 21.1. The third-order valence-corrected chi connectivity index (χ3v) is 13.8. The molecule has 256 valence electrons. The Morgan fingerprint density at radius 1 is 0.766 bits per heavy atom. The van der Waals surface area contributed by atoms with Crippen molar-refractivity contribution in [3.05, 3.63) is 108 Å². The smallest absolute Gasteiger partial charge is 0.407 e. The number of carbonyl (C=O) groups excluding carboxylic acids is 2. The summed E-state index contributed by atoms with van der Waals surface area (Å²) >= 11 is 0. The predicted octanol–water partition coefficient (Wildman–Crippen LogP) is 10.4. The molecule has 0 radical (unpaired) electrons. The number of hydrogen-bond acceptors (Lipinski definition) is 4. The molecular formula is C41H59NO4Si. The Balaban J connectivity index is 2.20. The molecule has 3 rings (SSSR count). The maximum absolute atomic E-state index is 14.6. The van der Waals surface area contributed by atoms with Gasteiger partial charge in [0.05, 0.1) is 12.1 Å². The van der Waals surface area contributed by atoms with Crippen LogP contribution in [-0.2, 0) is 20.4 Å². The van der Waals surface area contributed by atoms with E-state index >= 15 is 0 Å². The molecule has 0 aromatic heterocycles. The maximum Gasteiger partial charge on any atom is 0.407 e. The highest BCUT2D eigenvalue weighted by molar-refractivity contribution is 6.74. The molecule has 0 saturated heterocycles. The minimum absolute atomic E-state index is 0.0795. The highest BCUT2D eigenvalue weighted by atomic mass is 28.4. The number of amides is 1. The van der Waals surface area contributed by atoms with Gasteiger partial charge in [-0.25, -0.2) is 4.79 Å². The average Bonchev–Trinajstić information content (AvgIpc) is 2.98. The van der Waals surface area contributed by atoms with Gasteiger partial charge in [-0.2, -0.15) is 0 Å².